The minimum absolute atomic E-state index is 0.0982. The van der Waals surface area contributed by atoms with E-state index in [0.717, 1.165) is 6.42 Å². The van der Waals surface area contributed by atoms with Crippen LogP contribution >= 0.6 is 11.6 Å². The lowest BCUT2D eigenvalue weighted by molar-refractivity contribution is -0.128. The van der Waals surface area contributed by atoms with Gasteiger partial charge in [0.2, 0.25) is 0 Å². The van der Waals surface area contributed by atoms with Crippen molar-refractivity contribution < 1.29 is 14.3 Å². The molecule has 20 heavy (non-hydrogen) atoms. The number of hydrogen-bond donors (Lipinski definition) is 1. The zero-order valence-corrected chi connectivity index (χ0v) is 12.8. The third-order valence-electron chi connectivity index (χ3n) is 2.72. The highest BCUT2D eigenvalue weighted by atomic mass is 35.5. The van der Waals surface area contributed by atoms with Crippen molar-refractivity contribution in [3.05, 3.63) is 29.3 Å². The summed E-state index contributed by atoms with van der Waals surface area (Å²) >= 11 is 5.81. The lowest BCUT2D eigenvalue weighted by Crippen LogP contribution is -2.38. The Morgan fingerprint density at radius 1 is 1.30 bits per heavy atom. The molecule has 0 fully saturated rings. The van der Waals surface area contributed by atoms with E-state index in [0.29, 0.717) is 37.0 Å². The smallest absolute Gasteiger partial charge is 0.261 e. The van der Waals surface area contributed by atoms with E-state index < -0.39 is 6.10 Å². The molecule has 0 spiro atoms. The lowest BCUT2D eigenvalue weighted by atomic mass is 10.2. The summed E-state index contributed by atoms with van der Waals surface area (Å²) in [5, 5.41) is 3.50. The molecule has 1 amide bonds. The molecule has 0 heterocycles. The number of rotatable bonds is 9. The van der Waals surface area contributed by atoms with Crippen molar-refractivity contribution >= 4 is 17.5 Å². The van der Waals surface area contributed by atoms with Gasteiger partial charge in [-0.25, -0.2) is 0 Å². The molecule has 4 nitrogen and oxygen atoms in total. The van der Waals surface area contributed by atoms with Crippen molar-refractivity contribution in [3.8, 4) is 5.75 Å². The molecule has 0 aromatic heterocycles. The number of ether oxygens (including phenoxy) is 2. The highest BCUT2D eigenvalue weighted by molar-refractivity contribution is 6.30. The normalized spacial score (nSPS) is 11.9. The van der Waals surface area contributed by atoms with E-state index in [4.69, 9.17) is 21.1 Å². The standard InChI is InChI=1S/C15H22ClNO3/c1-3-14(15(18)17-10-5-11-19-4-2)20-13-8-6-12(16)7-9-13/h6-9,14H,3-5,10-11H2,1-2H3,(H,17,18)/t14-/m1/s1. The maximum atomic E-state index is 12.0. The molecule has 0 aliphatic rings. The molecule has 0 saturated carbocycles. The van der Waals surface area contributed by atoms with Crippen LogP contribution in [0.4, 0.5) is 0 Å². The minimum atomic E-state index is -0.483. The first-order chi connectivity index (χ1) is 9.67. The average molecular weight is 300 g/mol. The van der Waals surface area contributed by atoms with Gasteiger partial charge in [0.05, 0.1) is 0 Å². The Balaban J connectivity index is 2.37. The molecule has 1 aromatic rings. The Bertz CT molecular complexity index is 395. The predicted molar refractivity (Wildman–Crippen MR) is 80.3 cm³/mol. The van der Waals surface area contributed by atoms with Crippen LogP contribution in [0.1, 0.15) is 26.7 Å². The fourth-order valence-electron chi connectivity index (χ4n) is 1.64. The maximum Gasteiger partial charge on any atom is 0.261 e. The number of amides is 1. The van der Waals surface area contributed by atoms with Gasteiger partial charge >= 0.3 is 0 Å². The van der Waals surface area contributed by atoms with Crippen LogP contribution < -0.4 is 10.1 Å². The SMILES string of the molecule is CCOCCCNC(=O)[C@@H](CC)Oc1ccc(Cl)cc1. The second-order valence-electron chi connectivity index (χ2n) is 4.31. The summed E-state index contributed by atoms with van der Waals surface area (Å²) in [6.07, 6.45) is 0.930. The van der Waals surface area contributed by atoms with Crippen molar-refractivity contribution in [2.75, 3.05) is 19.8 Å². The number of halogens is 1. The summed E-state index contributed by atoms with van der Waals surface area (Å²) in [6.45, 7) is 5.82. The molecule has 1 aromatic carbocycles. The molecular weight excluding hydrogens is 278 g/mol. The van der Waals surface area contributed by atoms with Gasteiger partial charge in [-0.1, -0.05) is 18.5 Å². The monoisotopic (exact) mass is 299 g/mol. The zero-order chi connectivity index (χ0) is 14.8. The van der Waals surface area contributed by atoms with Gasteiger partial charge in [0, 0.05) is 24.8 Å². The molecule has 0 aliphatic carbocycles. The van der Waals surface area contributed by atoms with Gasteiger partial charge in [-0.3, -0.25) is 4.79 Å². The third kappa shape index (κ3) is 6.26. The molecule has 1 N–H and O–H groups in total. The fourth-order valence-corrected chi connectivity index (χ4v) is 1.77. The van der Waals surface area contributed by atoms with E-state index in [1.807, 2.05) is 13.8 Å². The van der Waals surface area contributed by atoms with Crippen LogP contribution in [0.3, 0.4) is 0 Å². The van der Waals surface area contributed by atoms with Gasteiger partial charge in [-0.15, -0.1) is 0 Å². The summed E-state index contributed by atoms with van der Waals surface area (Å²) in [7, 11) is 0. The van der Waals surface area contributed by atoms with Crippen molar-refractivity contribution in [1.29, 1.82) is 0 Å². The summed E-state index contributed by atoms with van der Waals surface area (Å²) < 4.78 is 10.9. The van der Waals surface area contributed by atoms with Crippen molar-refractivity contribution in [2.24, 2.45) is 0 Å². The van der Waals surface area contributed by atoms with Crippen molar-refractivity contribution in [3.63, 3.8) is 0 Å². The van der Waals surface area contributed by atoms with Gasteiger partial charge < -0.3 is 14.8 Å². The fraction of sp³-hybridized carbons (Fsp3) is 0.533. The average Bonchev–Trinajstić information content (AvgIpc) is 2.46. The number of nitrogens with one attached hydrogen (secondary N) is 1. The van der Waals surface area contributed by atoms with Crippen LogP contribution in [0.15, 0.2) is 24.3 Å². The minimum Gasteiger partial charge on any atom is -0.481 e. The summed E-state index contributed by atoms with van der Waals surface area (Å²) in [5.74, 6) is 0.546. The predicted octanol–water partition coefficient (Wildman–Crippen LogP) is 3.04. The first-order valence-corrected chi connectivity index (χ1v) is 7.32. The zero-order valence-electron chi connectivity index (χ0n) is 12.0. The Kier molecular flexibility index (Phi) is 8.07. The molecule has 0 aliphatic heterocycles. The van der Waals surface area contributed by atoms with E-state index in [1.165, 1.54) is 0 Å². The molecule has 0 bridgehead atoms. The van der Waals surface area contributed by atoms with Crippen LogP contribution in [0.5, 0.6) is 5.75 Å². The van der Waals surface area contributed by atoms with Gasteiger partial charge in [-0.05, 0) is 44.0 Å². The number of benzene rings is 1. The molecule has 0 unspecified atom stereocenters. The summed E-state index contributed by atoms with van der Waals surface area (Å²) in [4.78, 5) is 12.0. The Morgan fingerprint density at radius 2 is 2.00 bits per heavy atom. The van der Waals surface area contributed by atoms with E-state index in [-0.39, 0.29) is 5.91 Å². The largest absolute Gasteiger partial charge is 0.481 e. The topological polar surface area (TPSA) is 47.6 Å². The van der Waals surface area contributed by atoms with Gasteiger partial charge in [0.25, 0.3) is 5.91 Å². The second-order valence-corrected chi connectivity index (χ2v) is 4.75. The lowest BCUT2D eigenvalue weighted by Gasteiger charge is -2.17. The maximum absolute atomic E-state index is 12.0. The molecule has 1 rings (SSSR count). The number of carbonyl (C=O) groups is 1. The molecule has 112 valence electrons. The summed E-state index contributed by atoms with van der Waals surface area (Å²) in [6, 6.07) is 6.99. The van der Waals surface area contributed by atoms with Gasteiger partial charge in [0.15, 0.2) is 6.10 Å². The van der Waals surface area contributed by atoms with Crippen LogP contribution in [-0.2, 0) is 9.53 Å². The quantitative estimate of drug-likeness (QED) is 0.713. The van der Waals surface area contributed by atoms with E-state index in [9.17, 15) is 4.79 Å². The van der Waals surface area contributed by atoms with Crippen molar-refractivity contribution in [1.82, 2.24) is 5.32 Å². The molecular formula is C15H22ClNO3. The van der Waals surface area contributed by atoms with Gasteiger partial charge in [0.1, 0.15) is 5.75 Å². The van der Waals surface area contributed by atoms with Crippen molar-refractivity contribution in [2.45, 2.75) is 32.8 Å². The molecule has 0 saturated heterocycles. The highest BCUT2D eigenvalue weighted by Gasteiger charge is 2.17. The molecule has 1 atom stereocenters. The van der Waals surface area contributed by atoms with E-state index in [1.54, 1.807) is 24.3 Å². The highest BCUT2D eigenvalue weighted by Crippen LogP contribution is 2.17. The van der Waals surface area contributed by atoms with Gasteiger partial charge in [-0.2, -0.15) is 0 Å². The molecule has 5 heteroatoms. The molecule has 0 radical (unpaired) electrons. The van der Waals surface area contributed by atoms with Crippen LogP contribution in [0.25, 0.3) is 0 Å². The number of carbonyl (C=O) groups excluding carboxylic acids is 1. The third-order valence-corrected chi connectivity index (χ3v) is 2.98. The first-order valence-electron chi connectivity index (χ1n) is 6.95. The van der Waals surface area contributed by atoms with E-state index in [2.05, 4.69) is 5.32 Å². The second kappa shape index (κ2) is 9.61. The number of hydrogen-bond acceptors (Lipinski definition) is 3. The van der Waals surface area contributed by atoms with Crippen LogP contribution in [0, 0.1) is 0 Å². The Morgan fingerprint density at radius 3 is 2.60 bits per heavy atom. The first kappa shape index (κ1) is 16.8. The Hall–Kier alpha value is -1.26. The van der Waals surface area contributed by atoms with Crippen LogP contribution in [0.2, 0.25) is 5.02 Å². The Labute approximate surface area is 125 Å². The van der Waals surface area contributed by atoms with Crippen LogP contribution in [-0.4, -0.2) is 31.8 Å². The summed E-state index contributed by atoms with van der Waals surface area (Å²) in [5.41, 5.74) is 0. The van der Waals surface area contributed by atoms with E-state index >= 15 is 0 Å².